The fourth-order valence-electron chi connectivity index (χ4n) is 2.31. The minimum atomic E-state index is -3.71. The van der Waals surface area contributed by atoms with Crippen molar-refractivity contribution in [2.24, 2.45) is 5.92 Å². The molecule has 21 heavy (non-hydrogen) atoms. The van der Waals surface area contributed by atoms with E-state index in [1.54, 1.807) is 6.07 Å². The maximum Gasteiger partial charge on any atom is 0.246 e. The summed E-state index contributed by atoms with van der Waals surface area (Å²) < 4.78 is 27.4. The lowest BCUT2D eigenvalue weighted by molar-refractivity contribution is 0.276. The number of rotatable bonds is 7. The summed E-state index contributed by atoms with van der Waals surface area (Å²) in [6, 6.07) is 4.81. The maximum absolute atomic E-state index is 12.9. The van der Waals surface area contributed by atoms with Crippen molar-refractivity contribution < 1.29 is 8.42 Å². The Morgan fingerprint density at radius 1 is 1.33 bits per heavy atom. The Morgan fingerprint density at radius 3 is 2.43 bits per heavy atom. The van der Waals surface area contributed by atoms with Crippen LogP contribution in [0.1, 0.15) is 46.2 Å². The highest BCUT2D eigenvalue weighted by molar-refractivity contribution is 7.89. The van der Waals surface area contributed by atoms with Crippen molar-refractivity contribution in [3.63, 3.8) is 0 Å². The number of aromatic nitrogens is 1. The molecule has 116 valence electrons. The van der Waals surface area contributed by atoms with E-state index in [1.807, 2.05) is 33.8 Å². The second-order valence-electron chi connectivity index (χ2n) is 5.40. The molecule has 0 unspecified atom stereocenters. The molecule has 0 saturated heterocycles. The van der Waals surface area contributed by atoms with Gasteiger partial charge in [0, 0.05) is 18.8 Å². The molecule has 0 aliphatic rings. The predicted molar refractivity (Wildman–Crippen MR) is 82.1 cm³/mol. The highest BCUT2D eigenvalue weighted by Gasteiger charge is 2.32. The van der Waals surface area contributed by atoms with Crippen LogP contribution in [0.5, 0.6) is 0 Å². The van der Waals surface area contributed by atoms with Crippen molar-refractivity contribution in [1.82, 2.24) is 9.29 Å². The van der Waals surface area contributed by atoms with E-state index in [2.05, 4.69) is 4.98 Å². The molecule has 0 amide bonds. The number of hydrogen-bond donors (Lipinski definition) is 0. The summed E-state index contributed by atoms with van der Waals surface area (Å²) in [5.74, 6) is 0.211. The SMILES string of the molecule is CCC(CC)N(CC(C)C)S(=O)(=O)c1cccnc1C#N. The van der Waals surface area contributed by atoms with E-state index in [-0.39, 0.29) is 22.5 Å². The van der Waals surface area contributed by atoms with Crippen molar-refractivity contribution in [2.75, 3.05) is 6.54 Å². The third-order valence-corrected chi connectivity index (χ3v) is 5.31. The zero-order chi connectivity index (χ0) is 16.0. The lowest BCUT2D eigenvalue weighted by atomic mass is 10.1. The number of pyridine rings is 1. The second kappa shape index (κ2) is 7.53. The smallest absolute Gasteiger partial charge is 0.244 e. The molecule has 0 aliphatic heterocycles. The number of nitrogens with zero attached hydrogens (tertiary/aromatic N) is 3. The quantitative estimate of drug-likeness (QED) is 0.776. The summed E-state index contributed by atoms with van der Waals surface area (Å²) in [4.78, 5) is 3.87. The number of sulfonamides is 1. The molecular weight excluding hydrogens is 286 g/mol. The number of nitriles is 1. The molecule has 6 heteroatoms. The van der Waals surface area contributed by atoms with Crippen LogP contribution in [0.15, 0.2) is 23.2 Å². The van der Waals surface area contributed by atoms with E-state index < -0.39 is 10.0 Å². The van der Waals surface area contributed by atoms with Crippen molar-refractivity contribution >= 4 is 10.0 Å². The van der Waals surface area contributed by atoms with Gasteiger partial charge in [-0.05, 0) is 30.9 Å². The molecule has 0 bridgehead atoms. The minimum Gasteiger partial charge on any atom is -0.244 e. The highest BCUT2D eigenvalue weighted by atomic mass is 32.2. The molecule has 0 aromatic carbocycles. The van der Waals surface area contributed by atoms with Crippen molar-refractivity contribution in [2.45, 2.75) is 51.5 Å². The van der Waals surface area contributed by atoms with Gasteiger partial charge in [-0.15, -0.1) is 0 Å². The van der Waals surface area contributed by atoms with Crippen LogP contribution in [-0.2, 0) is 10.0 Å². The molecule has 5 nitrogen and oxygen atoms in total. The van der Waals surface area contributed by atoms with Gasteiger partial charge in [0.05, 0.1) is 0 Å². The average molecular weight is 309 g/mol. The molecule has 0 N–H and O–H groups in total. The van der Waals surface area contributed by atoms with Crippen LogP contribution >= 0.6 is 0 Å². The van der Waals surface area contributed by atoms with Crippen LogP contribution < -0.4 is 0 Å². The van der Waals surface area contributed by atoms with E-state index in [0.29, 0.717) is 6.54 Å². The van der Waals surface area contributed by atoms with Gasteiger partial charge in [0.15, 0.2) is 5.69 Å². The lowest BCUT2D eigenvalue weighted by Crippen LogP contribution is -2.42. The Kier molecular flexibility index (Phi) is 6.31. The van der Waals surface area contributed by atoms with Crippen LogP contribution in [-0.4, -0.2) is 30.3 Å². The Morgan fingerprint density at radius 2 is 1.95 bits per heavy atom. The summed E-state index contributed by atoms with van der Waals surface area (Å²) in [5.41, 5.74) is -0.0442. The van der Waals surface area contributed by atoms with Crippen molar-refractivity contribution in [3.05, 3.63) is 24.0 Å². The Bertz CT molecular complexity index is 602. The van der Waals surface area contributed by atoms with Crippen LogP contribution in [0.4, 0.5) is 0 Å². The summed E-state index contributed by atoms with van der Waals surface area (Å²) in [6.07, 6.45) is 2.91. The van der Waals surface area contributed by atoms with Gasteiger partial charge in [0.2, 0.25) is 10.0 Å². The zero-order valence-electron chi connectivity index (χ0n) is 13.1. The van der Waals surface area contributed by atoms with Gasteiger partial charge >= 0.3 is 0 Å². The van der Waals surface area contributed by atoms with E-state index in [4.69, 9.17) is 5.26 Å². The third-order valence-electron chi connectivity index (χ3n) is 3.36. The first kappa shape index (κ1) is 17.6. The van der Waals surface area contributed by atoms with Gasteiger partial charge in [0.1, 0.15) is 11.0 Å². The van der Waals surface area contributed by atoms with Gasteiger partial charge in [-0.3, -0.25) is 0 Å². The number of hydrogen-bond acceptors (Lipinski definition) is 4. The first-order valence-electron chi connectivity index (χ1n) is 7.25. The van der Waals surface area contributed by atoms with E-state index in [9.17, 15) is 8.42 Å². The minimum absolute atomic E-state index is 0.0000463. The van der Waals surface area contributed by atoms with Crippen LogP contribution in [0.2, 0.25) is 0 Å². The van der Waals surface area contributed by atoms with E-state index in [1.165, 1.54) is 16.6 Å². The first-order valence-corrected chi connectivity index (χ1v) is 8.69. The fourth-order valence-corrected chi connectivity index (χ4v) is 4.34. The van der Waals surface area contributed by atoms with Gasteiger partial charge in [-0.1, -0.05) is 27.7 Å². The van der Waals surface area contributed by atoms with Crippen molar-refractivity contribution in [1.29, 1.82) is 5.26 Å². The summed E-state index contributed by atoms with van der Waals surface area (Å²) in [6.45, 7) is 8.37. The normalized spacial score (nSPS) is 12.1. The molecule has 0 fully saturated rings. The molecule has 1 aromatic heterocycles. The average Bonchev–Trinajstić information content (AvgIpc) is 2.47. The van der Waals surface area contributed by atoms with Crippen molar-refractivity contribution in [3.8, 4) is 6.07 Å². The zero-order valence-corrected chi connectivity index (χ0v) is 13.9. The van der Waals surface area contributed by atoms with E-state index in [0.717, 1.165) is 12.8 Å². The molecule has 1 aromatic rings. The van der Waals surface area contributed by atoms with Gasteiger partial charge in [-0.25, -0.2) is 13.4 Å². The monoisotopic (exact) mass is 309 g/mol. The third kappa shape index (κ3) is 4.02. The molecule has 0 atom stereocenters. The molecule has 0 spiro atoms. The van der Waals surface area contributed by atoms with Gasteiger partial charge < -0.3 is 0 Å². The summed E-state index contributed by atoms with van der Waals surface area (Å²) in [7, 11) is -3.71. The van der Waals surface area contributed by atoms with Crippen LogP contribution in [0, 0.1) is 17.2 Å². The summed E-state index contributed by atoms with van der Waals surface area (Å²) in [5, 5.41) is 9.10. The molecule has 0 saturated carbocycles. The largest absolute Gasteiger partial charge is 0.246 e. The standard InChI is InChI=1S/C15H23N3O2S/c1-5-13(6-2)18(11-12(3)4)21(19,20)15-8-7-9-17-14(15)10-16/h7-9,12-13H,5-6,11H2,1-4H3. The molecular formula is C15H23N3O2S. The van der Waals surface area contributed by atoms with Gasteiger partial charge in [0.25, 0.3) is 0 Å². The Hall–Kier alpha value is -1.45. The molecule has 0 radical (unpaired) electrons. The summed E-state index contributed by atoms with van der Waals surface area (Å²) >= 11 is 0. The highest BCUT2D eigenvalue weighted by Crippen LogP contribution is 2.24. The maximum atomic E-state index is 12.9. The molecule has 1 heterocycles. The molecule has 0 aliphatic carbocycles. The lowest BCUT2D eigenvalue weighted by Gasteiger charge is -2.31. The van der Waals surface area contributed by atoms with Crippen LogP contribution in [0.25, 0.3) is 0 Å². The van der Waals surface area contributed by atoms with Gasteiger partial charge in [-0.2, -0.15) is 9.57 Å². The first-order chi connectivity index (χ1) is 9.88. The predicted octanol–water partition coefficient (Wildman–Crippen LogP) is 2.79. The van der Waals surface area contributed by atoms with Crippen LogP contribution in [0.3, 0.4) is 0 Å². The fraction of sp³-hybridized carbons (Fsp3) is 0.600. The topological polar surface area (TPSA) is 74.1 Å². The Labute approximate surface area is 127 Å². The van der Waals surface area contributed by atoms with E-state index >= 15 is 0 Å². The molecule has 1 rings (SSSR count). The Balaban J connectivity index is 3.37. The second-order valence-corrected chi connectivity index (χ2v) is 7.26.